The molecule has 14 heteroatoms. The molecule has 1 fully saturated rings. The Morgan fingerprint density at radius 3 is 2.72 bits per heavy atom. The van der Waals surface area contributed by atoms with E-state index in [1.165, 1.54) is 34.1 Å². The van der Waals surface area contributed by atoms with E-state index in [-0.39, 0.29) is 56.0 Å². The maximum atomic E-state index is 12.8. The molecule has 12 nitrogen and oxygen atoms in total. The second kappa shape index (κ2) is 9.18. The van der Waals surface area contributed by atoms with Gasteiger partial charge < -0.3 is 14.1 Å². The molecule has 0 atom stereocenters. The molecule has 3 aromatic heterocycles. The van der Waals surface area contributed by atoms with Crippen LogP contribution in [-0.2, 0) is 26.0 Å². The number of aromatic amines is 1. The Morgan fingerprint density at radius 1 is 1.25 bits per heavy atom. The van der Waals surface area contributed by atoms with Gasteiger partial charge in [0.05, 0.1) is 18.7 Å². The van der Waals surface area contributed by atoms with Crippen LogP contribution in [0.5, 0.6) is 0 Å². The van der Waals surface area contributed by atoms with Gasteiger partial charge in [-0.2, -0.15) is 9.40 Å². The minimum atomic E-state index is -3.93. The summed E-state index contributed by atoms with van der Waals surface area (Å²) in [6.45, 7) is 2.50. The number of nitrogens with zero attached hydrogens (tertiary/aromatic N) is 5. The molecule has 1 N–H and O–H groups in total. The van der Waals surface area contributed by atoms with Crippen molar-refractivity contribution in [1.82, 2.24) is 29.4 Å². The highest BCUT2D eigenvalue weighted by atomic mass is 32.2. The summed E-state index contributed by atoms with van der Waals surface area (Å²) in [4.78, 5) is 34.4. The van der Waals surface area contributed by atoms with Gasteiger partial charge in [0.1, 0.15) is 6.33 Å². The normalized spacial score (nSPS) is 15.1. The smallest absolute Gasteiger partial charge is 0.374 e. The number of carbonyl (C=O) groups excluding carboxylic acids is 2. The zero-order valence-electron chi connectivity index (χ0n) is 17.1. The van der Waals surface area contributed by atoms with Crippen LogP contribution in [0.2, 0.25) is 0 Å². The number of ether oxygens (including phenoxy) is 1. The molecule has 0 saturated carbocycles. The molecular weight excluding hydrogens is 460 g/mol. The van der Waals surface area contributed by atoms with Crippen molar-refractivity contribution in [2.45, 2.75) is 18.4 Å². The number of thiazole rings is 1. The van der Waals surface area contributed by atoms with Crippen molar-refractivity contribution in [1.29, 1.82) is 0 Å². The van der Waals surface area contributed by atoms with Crippen LogP contribution in [0, 0.1) is 0 Å². The standard InChI is InChI=1S/C18H20N6O6S2/c1-2-29-18(26)13-3-4-15(30-13)32(27,28)24-7-5-23(6-8-24)14(25)9-12-10-31-17(21-12)16-19-11-20-22-16/h3-4,10-11H,2,5-9H2,1H3,(H,19,20,22). The topological polar surface area (TPSA) is 152 Å². The van der Waals surface area contributed by atoms with Crippen LogP contribution in [-0.4, -0.2) is 82.5 Å². The number of hydrogen-bond donors (Lipinski definition) is 1. The van der Waals surface area contributed by atoms with Crippen molar-refractivity contribution < 1.29 is 27.2 Å². The van der Waals surface area contributed by atoms with Gasteiger partial charge in [-0.1, -0.05) is 0 Å². The lowest BCUT2D eigenvalue weighted by atomic mass is 10.2. The number of rotatable bonds is 7. The van der Waals surface area contributed by atoms with E-state index in [1.54, 1.807) is 17.2 Å². The fourth-order valence-electron chi connectivity index (χ4n) is 3.15. The first-order chi connectivity index (χ1) is 15.4. The fraction of sp³-hybridized carbons (Fsp3) is 0.389. The number of piperazine rings is 1. The first kappa shape index (κ1) is 22.1. The summed E-state index contributed by atoms with van der Waals surface area (Å²) in [5.74, 6) is -0.499. The lowest BCUT2D eigenvalue weighted by Crippen LogP contribution is -2.50. The average Bonchev–Trinajstić information content (AvgIpc) is 3.55. The third-order valence-corrected chi connectivity index (χ3v) is 7.42. The van der Waals surface area contributed by atoms with Crippen molar-refractivity contribution in [3.63, 3.8) is 0 Å². The molecule has 1 amide bonds. The molecule has 4 rings (SSSR count). The van der Waals surface area contributed by atoms with Crippen molar-refractivity contribution in [2.75, 3.05) is 32.8 Å². The van der Waals surface area contributed by atoms with E-state index in [0.717, 1.165) is 0 Å². The molecule has 3 aromatic rings. The third kappa shape index (κ3) is 4.56. The van der Waals surface area contributed by atoms with Crippen LogP contribution in [0.3, 0.4) is 0 Å². The monoisotopic (exact) mass is 480 g/mol. The first-order valence-electron chi connectivity index (χ1n) is 9.73. The number of hydrogen-bond acceptors (Lipinski definition) is 10. The van der Waals surface area contributed by atoms with E-state index in [1.807, 2.05) is 0 Å². The zero-order valence-corrected chi connectivity index (χ0v) is 18.7. The number of esters is 1. The molecule has 0 bridgehead atoms. The van der Waals surface area contributed by atoms with E-state index < -0.39 is 16.0 Å². The van der Waals surface area contributed by atoms with Crippen LogP contribution in [0.4, 0.5) is 0 Å². The summed E-state index contributed by atoms with van der Waals surface area (Å²) in [5.41, 5.74) is 0.614. The minimum absolute atomic E-state index is 0.110. The van der Waals surface area contributed by atoms with Crippen molar-refractivity contribution in [2.24, 2.45) is 0 Å². The van der Waals surface area contributed by atoms with Gasteiger partial charge in [-0.05, 0) is 19.1 Å². The highest BCUT2D eigenvalue weighted by Crippen LogP contribution is 2.22. The minimum Gasteiger partial charge on any atom is -0.460 e. The molecular formula is C18H20N6O6S2. The molecule has 170 valence electrons. The lowest BCUT2D eigenvalue weighted by Gasteiger charge is -2.33. The fourth-order valence-corrected chi connectivity index (χ4v) is 5.25. The first-order valence-corrected chi connectivity index (χ1v) is 12.1. The van der Waals surface area contributed by atoms with E-state index in [2.05, 4.69) is 20.2 Å². The molecule has 0 aromatic carbocycles. The molecule has 0 radical (unpaired) electrons. The van der Waals surface area contributed by atoms with Gasteiger partial charge in [-0.25, -0.2) is 23.2 Å². The molecule has 1 aliphatic rings. The summed E-state index contributed by atoms with van der Waals surface area (Å²) in [6, 6.07) is 2.50. The second-order valence-electron chi connectivity index (χ2n) is 6.78. The van der Waals surface area contributed by atoms with Gasteiger partial charge in [0.2, 0.25) is 16.8 Å². The maximum absolute atomic E-state index is 12.8. The van der Waals surface area contributed by atoms with Crippen LogP contribution >= 0.6 is 11.3 Å². The van der Waals surface area contributed by atoms with E-state index in [4.69, 9.17) is 9.15 Å². The highest BCUT2D eigenvalue weighted by molar-refractivity contribution is 7.89. The molecule has 32 heavy (non-hydrogen) atoms. The number of sulfonamides is 1. The maximum Gasteiger partial charge on any atom is 0.374 e. The van der Waals surface area contributed by atoms with Gasteiger partial charge in [0.15, 0.2) is 10.8 Å². The van der Waals surface area contributed by atoms with Crippen LogP contribution in [0.25, 0.3) is 10.8 Å². The Labute approximate surface area is 187 Å². The summed E-state index contributed by atoms with van der Waals surface area (Å²) in [6.07, 6.45) is 1.49. The largest absolute Gasteiger partial charge is 0.460 e. The molecule has 0 aliphatic carbocycles. The van der Waals surface area contributed by atoms with Gasteiger partial charge in [0.25, 0.3) is 10.0 Å². The Hall–Kier alpha value is -3.10. The Balaban J connectivity index is 1.34. The molecule has 4 heterocycles. The average molecular weight is 481 g/mol. The van der Waals surface area contributed by atoms with Crippen LogP contribution in [0.15, 0.2) is 33.3 Å². The van der Waals surface area contributed by atoms with Crippen LogP contribution in [0.1, 0.15) is 23.2 Å². The van der Waals surface area contributed by atoms with Gasteiger partial charge in [-0.3, -0.25) is 9.89 Å². The summed E-state index contributed by atoms with van der Waals surface area (Å²) in [7, 11) is -3.93. The quantitative estimate of drug-likeness (QED) is 0.483. The molecule has 0 spiro atoms. The molecule has 1 saturated heterocycles. The van der Waals surface area contributed by atoms with E-state index in [9.17, 15) is 18.0 Å². The number of furan rings is 1. The Bertz CT molecular complexity index is 1190. The summed E-state index contributed by atoms with van der Waals surface area (Å²) in [5, 5.41) is 8.60. The summed E-state index contributed by atoms with van der Waals surface area (Å²) < 4.78 is 36.9. The predicted molar refractivity (Wildman–Crippen MR) is 111 cm³/mol. The number of nitrogens with one attached hydrogen (secondary N) is 1. The zero-order chi connectivity index (χ0) is 22.7. The van der Waals surface area contributed by atoms with Gasteiger partial charge >= 0.3 is 5.97 Å². The van der Waals surface area contributed by atoms with E-state index >= 15 is 0 Å². The highest BCUT2D eigenvalue weighted by Gasteiger charge is 2.33. The van der Waals surface area contributed by atoms with Crippen molar-refractivity contribution in [3.8, 4) is 10.8 Å². The number of carbonyl (C=O) groups is 2. The lowest BCUT2D eigenvalue weighted by molar-refractivity contribution is -0.131. The summed E-state index contributed by atoms with van der Waals surface area (Å²) >= 11 is 1.36. The van der Waals surface area contributed by atoms with Gasteiger partial charge in [0, 0.05) is 31.6 Å². The van der Waals surface area contributed by atoms with E-state index in [0.29, 0.717) is 16.5 Å². The Morgan fingerprint density at radius 2 is 2.03 bits per heavy atom. The third-order valence-electron chi connectivity index (χ3n) is 4.75. The molecule has 1 aliphatic heterocycles. The number of amides is 1. The number of aromatic nitrogens is 4. The van der Waals surface area contributed by atoms with Gasteiger partial charge in [-0.15, -0.1) is 11.3 Å². The molecule has 0 unspecified atom stereocenters. The predicted octanol–water partition coefficient (Wildman–Crippen LogP) is 0.773. The van der Waals surface area contributed by atoms with Crippen molar-refractivity contribution in [3.05, 3.63) is 35.3 Å². The van der Waals surface area contributed by atoms with Crippen LogP contribution < -0.4 is 0 Å². The Kier molecular flexibility index (Phi) is 6.34. The van der Waals surface area contributed by atoms with Crippen molar-refractivity contribution >= 4 is 33.2 Å². The number of H-pyrrole nitrogens is 1. The second-order valence-corrected chi connectivity index (χ2v) is 9.51. The SMILES string of the molecule is CCOC(=O)c1ccc(S(=O)(=O)N2CCN(C(=O)Cc3csc(-c4ncn[nH]4)n3)CC2)o1.